The van der Waals surface area contributed by atoms with Gasteiger partial charge in [-0.3, -0.25) is 9.54 Å². The van der Waals surface area contributed by atoms with Crippen LogP contribution in [0, 0.1) is 6.92 Å². The van der Waals surface area contributed by atoms with Gasteiger partial charge in [0.05, 0.1) is 4.90 Å². The predicted octanol–water partition coefficient (Wildman–Crippen LogP) is 2.92. The van der Waals surface area contributed by atoms with Gasteiger partial charge in [-0.05, 0) is 45.0 Å². The predicted molar refractivity (Wildman–Crippen MR) is 81.6 cm³/mol. The van der Waals surface area contributed by atoms with Crippen LogP contribution in [-0.2, 0) is 14.9 Å². The van der Waals surface area contributed by atoms with Gasteiger partial charge < -0.3 is 4.79 Å². The molecule has 1 aromatic carbocycles. The molecule has 0 aliphatic heterocycles. The van der Waals surface area contributed by atoms with E-state index in [1.165, 1.54) is 26.0 Å². The van der Waals surface area contributed by atoms with E-state index < -0.39 is 10.1 Å². The molecule has 1 N–H and O–H groups in total. The molecule has 0 bridgehead atoms. The largest absolute Gasteiger partial charge is 0.300 e. The van der Waals surface area contributed by atoms with E-state index in [4.69, 9.17) is 4.55 Å². The Labute approximate surface area is 125 Å². The summed E-state index contributed by atoms with van der Waals surface area (Å²) in [6, 6.07) is 11.7. The molecule has 0 saturated heterocycles. The van der Waals surface area contributed by atoms with Gasteiger partial charge in [0.25, 0.3) is 10.1 Å². The lowest BCUT2D eigenvalue weighted by molar-refractivity contribution is -0.114. The van der Waals surface area contributed by atoms with E-state index in [1.807, 2.05) is 25.1 Å². The standard InChI is InChI=1S/C7H8O3S.C5H5N.C3H6O/c1-6-2-4-7(5-3-6)11(8,9)10;1-2-4-6-5-3-1;1-3(2)4/h2-5H,1H3,(H,8,9,10);1-5H;1-2H3. The van der Waals surface area contributed by atoms with Crippen molar-refractivity contribution in [2.24, 2.45) is 0 Å². The molecule has 1 heterocycles. The molecule has 2 aromatic rings. The minimum Gasteiger partial charge on any atom is -0.300 e. The summed E-state index contributed by atoms with van der Waals surface area (Å²) < 4.78 is 29.6. The second-order valence-electron chi connectivity index (χ2n) is 4.22. The van der Waals surface area contributed by atoms with E-state index in [1.54, 1.807) is 24.5 Å². The third kappa shape index (κ3) is 11.5. The van der Waals surface area contributed by atoms with Crippen LogP contribution >= 0.6 is 0 Å². The zero-order valence-corrected chi connectivity index (χ0v) is 13.0. The minimum atomic E-state index is -4.02. The lowest BCUT2D eigenvalue weighted by Gasteiger charge is -1.95. The Balaban J connectivity index is 0.000000335. The maximum atomic E-state index is 10.5. The molecule has 0 fully saturated rings. The van der Waals surface area contributed by atoms with Crippen LogP contribution in [0.25, 0.3) is 0 Å². The fraction of sp³-hybridized carbons (Fsp3) is 0.200. The van der Waals surface area contributed by atoms with Crippen LogP contribution in [0.15, 0.2) is 59.8 Å². The SMILES string of the molecule is CC(C)=O.Cc1ccc(S(=O)(=O)O)cc1.c1ccncc1. The summed E-state index contributed by atoms with van der Waals surface area (Å²) in [7, 11) is -4.02. The number of ketones is 1. The van der Waals surface area contributed by atoms with Crippen LogP contribution in [0.2, 0.25) is 0 Å². The number of hydrogen-bond acceptors (Lipinski definition) is 4. The Morgan fingerprint density at radius 2 is 1.43 bits per heavy atom. The van der Waals surface area contributed by atoms with Crippen LogP contribution in [0.3, 0.4) is 0 Å². The number of nitrogens with zero attached hydrogens (tertiary/aromatic N) is 1. The fourth-order valence-corrected chi connectivity index (χ4v) is 1.50. The van der Waals surface area contributed by atoms with Crippen molar-refractivity contribution >= 4 is 15.9 Å². The van der Waals surface area contributed by atoms with Crippen molar-refractivity contribution in [2.75, 3.05) is 0 Å². The molecule has 1 aromatic heterocycles. The molecule has 0 unspecified atom stereocenters. The molecule has 0 spiro atoms. The third-order valence-electron chi connectivity index (χ3n) is 1.89. The number of aromatic nitrogens is 1. The van der Waals surface area contributed by atoms with Gasteiger partial charge in [-0.15, -0.1) is 0 Å². The molecular formula is C15H19NO4S. The highest BCUT2D eigenvalue weighted by molar-refractivity contribution is 7.85. The van der Waals surface area contributed by atoms with Gasteiger partial charge in [0.15, 0.2) is 0 Å². The number of carbonyl (C=O) groups is 1. The Bertz CT molecular complexity index is 592. The average Bonchev–Trinajstić information content (AvgIpc) is 2.40. The van der Waals surface area contributed by atoms with Gasteiger partial charge in [0.1, 0.15) is 5.78 Å². The first-order chi connectivity index (χ1) is 9.73. The highest BCUT2D eigenvalue weighted by atomic mass is 32.2. The number of aryl methyl sites for hydroxylation is 1. The zero-order chi connectivity index (χ0) is 16.3. The second kappa shape index (κ2) is 9.79. The fourth-order valence-electron chi connectivity index (χ4n) is 1.02. The van der Waals surface area contributed by atoms with Crippen LogP contribution in [0.4, 0.5) is 0 Å². The molecule has 114 valence electrons. The Kier molecular flexibility index (Phi) is 8.84. The van der Waals surface area contributed by atoms with Crippen molar-refractivity contribution in [3.8, 4) is 0 Å². The topological polar surface area (TPSA) is 84.3 Å². The van der Waals surface area contributed by atoms with Crippen LogP contribution in [0.5, 0.6) is 0 Å². The molecule has 6 heteroatoms. The smallest absolute Gasteiger partial charge is 0.294 e. The summed E-state index contributed by atoms with van der Waals surface area (Å²) >= 11 is 0. The Hall–Kier alpha value is -2.05. The van der Waals surface area contributed by atoms with Gasteiger partial charge in [-0.2, -0.15) is 8.42 Å². The lowest BCUT2D eigenvalue weighted by Crippen LogP contribution is -1.96. The molecule has 0 atom stereocenters. The highest BCUT2D eigenvalue weighted by Crippen LogP contribution is 2.08. The van der Waals surface area contributed by atoms with Gasteiger partial charge in [-0.25, -0.2) is 0 Å². The number of hydrogen-bond donors (Lipinski definition) is 1. The van der Waals surface area contributed by atoms with E-state index in [-0.39, 0.29) is 10.7 Å². The summed E-state index contributed by atoms with van der Waals surface area (Å²) in [5.41, 5.74) is 0.956. The van der Waals surface area contributed by atoms with E-state index in [0.29, 0.717) is 0 Å². The molecule has 0 radical (unpaired) electrons. The number of carbonyl (C=O) groups excluding carboxylic acids is 1. The van der Waals surface area contributed by atoms with E-state index >= 15 is 0 Å². The van der Waals surface area contributed by atoms with Crippen molar-refractivity contribution < 1.29 is 17.8 Å². The summed E-state index contributed by atoms with van der Waals surface area (Å²) in [6.45, 7) is 4.90. The van der Waals surface area contributed by atoms with Crippen LogP contribution in [-0.4, -0.2) is 23.7 Å². The molecule has 0 aliphatic carbocycles. The summed E-state index contributed by atoms with van der Waals surface area (Å²) in [6.07, 6.45) is 3.50. The van der Waals surface area contributed by atoms with E-state index in [9.17, 15) is 13.2 Å². The average molecular weight is 309 g/mol. The second-order valence-corrected chi connectivity index (χ2v) is 5.64. The number of benzene rings is 1. The number of pyridine rings is 1. The lowest BCUT2D eigenvalue weighted by atomic mass is 10.2. The molecule has 5 nitrogen and oxygen atoms in total. The van der Waals surface area contributed by atoms with Gasteiger partial charge in [0, 0.05) is 12.4 Å². The molecule has 0 saturated carbocycles. The van der Waals surface area contributed by atoms with Gasteiger partial charge >= 0.3 is 0 Å². The Morgan fingerprint density at radius 1 is 1.00 bits per heavy atom. The first-order valence-electron chi connectivity index (χ1n) is 6.10. The zero-order valence-electron chi connectivity index (χ0n) is 12.2. The maximum absolute atomic E-state index is 10.5. The monoisotopic (exact) mass is 309 g/mol. The van der Waals surface area contributed by atoms with Gasteiger partial charge in [0.2, 0.25) is 0 Å². The molecule has 0 amide bonds. The normalized spacial score (nSPS) is 9.52. The van der Waals surface area contributed by atoms with Crippen LogP contribution in [0.1, 0.15) is 19.4 Å². The number of rotatable bonds is 1. The van der Waals surface area contributed by atoms with E-state index in [0.717, 1.165) is 5.56 Å². The Morgan fingerprint density at radius 3 is 1.67 bits per heavy atom. The van der Waals surface area contributed by atoms with Crippen molar-refractivity contribution in [3.05, 3.63) is 60.4 Å². The van der Waals surface area contributed by atoms with Crippen molar-refractivity contribution in [2.45, 2.75) is 25.7 Å². The molecular weight excluding hydrogens is 290 g/mol. The summed E-state index contributed by atoms with van der Waals surface area (Å²) in [5.74, 6) is 0.167. The molecule has 21 heavy (non-hydrogen) atoms. The summed E-state index contributed by atoms with van der Waals surface area (Å²) in [5, 5.41) is 0. The third-order valence-corrected chi connectivity index (χ3v) is 2.75. The highest BCUT2D eigenvalue weighted by Gasteiger charge is 2.06. The van der Waals surface area contributed by atoms with Crippen molar-refractivity contribution in [1.29, 1.82) is 0 Å². The quantitative estimate of drug-likeness (QED) is 0.819. The first-order valence-corrected chi connectivity index (χ1v) is 7.54. The molecule has 0 aliphatic rings. The molecule has 2 rings (SSSR count). The van der Waals surface area contributed by atoms with Crippen molar-refractivity contribution in [1.82, 2.24) is 4.98 Å². The maximum Gasteiger partial charge on any atom is 0.294 e. The van der Waals surface area contributed by atoms with E-state index in [2.05, 4.69) is 4.98 Å². The van der Waals surface area contributed by atoms with Gasteiger partial charge in [-0.1, -0.05) is 23.8 Å². The number of Topliss-reactive ketones (excluding diaryl/α,β-unsaturated/α-hetero) is 1. The first kappa shape index (κ1) is 18.9. The van der Waals surface area contributed by atoms with Crippen molar-refractivity contribution in [3.63, 3.8) is 0 Å². The minimum absolute atomic E-state index is 0.0666. The van der Waals surface area contributed by atoms with Crippen LogP contribution < -0.4 is 0 Å². The summed E-state index contributed by atoms with van der Waals surface area (Å²) in [4.78, 5) is 13.2.